The minimum Gasteiger partial charge on any atom is -0.410 e. The van der Waals surface area contributed by atoms with Crippen molar-refractivity contribution in [3.05, 3.63) is 96.1 Å². The molecule has 0 saturated carbocycles. The SMILES string of the molecule is CCN(c1ccc(OC(=O)N2CCC(C(O)(c3ccccc3)c3ccccc3)CC2)cc1)S(C)(=O)=O. The first-order valence-corrected chi connectivity index (χ1v) is 14.0. The van der Waals surface area contributed by atoms with Gasteiger partial charge in [0.05, 0.1) is 11.9 Å². The Morgan fingerprint density at radius 1 is 0.944 bits per heavy atom. The maximum Gasteiger partial charge on any atom is 0.415 e. The molecule has 3 aromatic carbocycles. The monoisotopic (exact) mass is 508 g/mol. The molecule has 0 spiro atoms. The van der Waals surface area contributed by atoms with Crippen LogP contribution in [0.4, 0.5) is 10.5 Å². The van der Waals surface area contributed by atoms with Crippen LogP contribution in [0.3, 0.4) is 0 Å². The van der Waals surface area contributed by atoms with Gasteiger partial charge in [0.25, 0.3) is 0 Å². The summed E-state index contributed by atoms with van der Waals surface area (Å²) < 4.78 is 30.7. The van der Waals surface area contributed by atoms with Gasteiger partial charge in [-0.2, -0.15) is 0 Å². The maximum atomic E-state index is 12.8. The molecule has 0 aromatic heterocycles. The van der Waals surface area contributed by atoms with E-state index in [2.05, 4.69) is 0 Å². The van der Waals surface area contributed by atoms with Gasteiger partial charge < -0.3 is 14.7 Å². The fraction of sp³-hybridized carbons (Fsp3) is 0.321. The van der Waals surface area contributed by atoms with Gasteiger partial charge in [0.15, 0.2) is 0 Å². The number of benzene rings is 3. The topological polar surface area (TPSA) is 87.2 Å². The van der Waals surface area contributed by atoms with Crippen LogP contribution in [-0.4, -0.2) is 50.4 Å². The molecule has 3 aromatic rings. The van der Waals surface area contributed by atoms with Crippen LogP contribution in [-0.2, 0) is 15.6 Å². The minimum absolute atomic E-state index is 0.0679. The standard InChI is InChI=1S/C28H32N2O5S/c1-3-30(36(2,33)34)25-14-16-26(17-15-25)35-27(31)29-20-18-24(19-21-29)28(32,22-10-6-4-7-11-22)23-12-8-5-9-13-23/h4-17,24,32H,3,18-21H2,1-2H3. The van der Waals surface area contributed by atoms with Gasteiger partial charge in [-0.3, -0.25) is 4.31 Å². The van der Waals surface area contributed by atoms with E-state index in [-0.39, 0.29) is 5.92 Å². The van der Waals surface area contributed by atoms with Gasteiger partial charge in [0, 0.05) is 19.6 Å². The van der Waals surface area contributed by atoms with Crippen molar-refractivity contribution in [2.45, 2.75) is 25.4 Å². The van der Waals surface area contributed by atoms with Gasteiger partial charge in [-0.15, -0.1) is 0 Å². The molecule has 1 aliphatic heterocycles. The van der Waals surface area contributed by atoms with Crippen molar-refractivity contribution in [2.24, 2.45) is 5.92 Å². The number of carbonyl (C=O) groups excluding carboxylic acids is 1. The Morgan fingerprint density at radius 2 is 1.44 bits per heavy atom. The molecule has 8 heteroatoms. The van der Waals surface area contributed by atoms with E-state index in [0.29, 0.717) is 43.9 Å². The predicted molar refractivity (Wildman–Crippen MR) is 141 cm³/mol. The molecule has 0 unspecified atom stereocenters. The molecule has 1 aliphatic rings. The molecule has 1 heterocycles. The Balaban J connectivity index is 1.43. The Morgan fingerprint density at radius 3 is 1.89 bits per heavy atom. The van der Waals surface area contributed by atoms with Gasteiger partial charge in [-0.05, 0) is 61.1 Å². The summed E-state index contributed by atoms with van der Waals surface area (Å²) in [6.45, 7) is 2.99. The summed E-state index contributed by atoms with van der Waals surface area (Å²) in [5, 5.41) is 12.0. The lowest BCUT2D eigenvalue weighted by Gasteiger charge is -2.42. The number of anilines is 1. The van der Waals surface area contributed by atoms with E-state index in [1.807, 2.05) is 60.7 Å². The largest absolute Gasteiger partial charge is 0.415 e. The highest BCUT2D eigenvalue weighted by molar-refractivity contribution is 7.92. The number of carbonyl (C=O) groups is 1. The number of amides is 1. The first-order valence-electron chi connectivity index (χ1n) is 12.1. The Labute approximate surface area is 213 Å². The quantitative estimate of drug-likeness (QED) is 0.503. The molecule has 1 amide bonds. The van der Waals surface area contributed by atoms with E-state index >= 15 is 0 Å². The van der Waals surface area contributed by atoms with Crippen LogP contribution in [0.5, 0.6) is 5.75 Å². The Kier molecular flexibility index (Phi) is 7.66. The minimum atomic E-state index is -3.38. The average Bonchev–Trinajstić information content (AvgIpc) is 2.90. The van der Waals surface area contributed by atoms with Crippen LogP contribution < -0.4 is 9.04 Å². The van der Waals surface area contributed by atoms with Crippen molar-refractivity contribution in [2.75, 3.05) is 30.2 Å². The zero-order valence-electron chi connectivity index (χ0n) is 20.6. The van der Waals surface area contributed by atoms with Gasteiger partial charge in [-0.25, -0.2) is 13.2 Å². The van der Waals surface area contributed by atoms with Crippen molar-refractivity contribution in [1.29, 1.82) is 0 Å². The van der Waals surface area contributed by atoms with E-state index in [4.69, 9.17) is 4.74 Å². The van der Waals surface area contributed by atoms with E-state index in [1.54, 1.807) is 36.1 Å². The summed E-state index contributed by atoms with van der Waals surface area (Å²) in [6, 6.07) is 25.8. The first-order chi connectivity index (χ1) is 17.2. The van der Waals surface area contributed by atoms with Gasteiger partial charge >= 0.3 is 6.09 Å². The second-order valence-corrected chi connectivity index (χ2v) is 11.0. The van der Waals surface area contributed by atoms with Gasteiger partial charge in [0.2, 0.25) is 10.0 Å². The molecule has 1 saturated heterocycles. The molecule has 4 rings (SSSR count). The third-order valence-corrected chi connectivity index (χ3v) is 8.06. The molecular formula is C28H32N2O5S. The fourth-order valence-corrected chi connectivity index (χ4v) is 5.93. The third kappa shape index (κ3) is 5.39. The summed E-state index contributed by atoms with van der Waals surface area (Å²) in [6.07, 6.45) is 1.94. The number of aliphatic hydroxyl groups is 1. The van der Waals surface area contributed by atoms with Crippen LogP contribution in [0.25, 0.3) is 0 Å². The summed E-state index contributed by atoms with van der Waals surface area (Å²) in [4.78, 5) is 14.5. The van der Waals surface area contributed by atoms with E-state index < -0.39 is 21.7 Å². The van der Waals surface area contributed by atoms with Crippen LogP contribution in [0, 0.1) is 5.92 Å². The number of piperidine rings is 1. The number of nitrogens with zero attached hydrogens (tertiary/aromatic N) is 2. The summed E-state index contributed by atoms with van der Waals surface area (Å²) in [5.74, 6) is 0.280. The second kappa shape index (κ2) is 10.7. The molecule has 36 heavy (non-hydrogen) atoms. The molecule has 190 valence electrons. The number of hydrogen-bond donors (Lipinski definition) is 1. The summed E-state index contributed by atoms with van der Waals surface area (Å²) >= 11 is 0. The van der Waals surface area contributed by atoms with Crippen molar-refractivity contribution in [3.8, 4) is 5.75 Å². The summed E-state index contributed by atoms with van der Waals surface area (Å²) in [7, 11) is -3.38. The highest BCUT2D eigenvalue weighted by atomic mass is 32.2. The smallest absolute Gasteiger partial charge is 0.410 e. The summed E-state index contributed by atoms with van der Waals surface area (Å²) in [5.41, 5.74) is 1.04. The molecule has 1 fully saturated rings. The van der Waals surface area contributed by atoms with Gasteiger partial charge in [0.1, 0.15) is 11.4 Å². The number of likely N-dealkylation sites (tertiary alicyclic amines) is 1. The first kappa shape index (κ1) is 25.7. The predicted octanol–water partition coefficient (Wildman–Crippen LogP) is 4.62. The van der Waals surface area contributed by atoms with Crippen LogP contribution in [0.15, 0.2) is 84.9 Å². The molecule has 0 bridgehead atoms. The zero-order valence-corrected chi connectivity index (χ0v) is 21.4. The Hall–Kier alpha value is -3.36. The van der Waals surface area contributed by atoms with Crippen LogP contribution in [0.2, 0.25) is 0 Å². The maximum absolute atomic E-state index is 12.8. The number of ether oxygens (including phenoxy) is 1. The molecule has 7 nitrogen and oxygen atoms in total. The lowest BCUT2D eigenvalue weighted by Crippen LogP contribution is -2.46. The average molecular weight is 509 g/mol. The molecule has 0 aliphatic carbocycles. The van der Waals surface area contributed by atoms with Crippen LogP contribution in [0.1, 0.15) is 30.9 Å². The number of sulfonamides is 1. The van der Waals surface area contributed by atoms with Crippen molar-refractivity contribution in [1.82, 2.24) is 4.90 Å². The van der Waals surface area contributed by atoms with E-state index in [1.165, 1.54) is 4.31 Å². The highest BCUT2D eigenvalue weighted by Gasteiger charge is 2.42. The molecule has 0 radical (unpaired) electrons. The van der Waals surface area contributed by atoms with E-state index in [0.717, 1.165) is 17.4 Å². The number of rotatable bonds is 7. The zero-order chi connectivity index (χ0) is 25.8. The van der Waals surface area contributed by atoms with Gasteiger partial charge in [-0.1, -0.05) is 60.7 Å². The van der Waals surface area contributed by atoms with E-state index in [9.17, 15) is 18.3 Å². The lowest BCUT2D eigenvalue weighted by atomic mass is 9.72. The molecule has 0 atom stereocenters. The van der Waals surface area contributed by atoms with Crippen LogP contribution >= 0.6 is 0 Å². The number of hydrogen-bond acceptors (Lipinski definition) is 5. The molecular weight excluding hydrogens is 476 g/mol. The molecule has 1 N–H and O–H groups in total. The second-order valence-electron chi connectivity index (χ2n) is 9.05. The van der Waals surface area contributed by atoms with Crippen molar-refractivity contribution in [3.63, 3.8) is 0 Å². The Bertz CT molecular complexity index is 1220. The highest BCUT2D eigenvalue weighted by Crippen LogP contribution is 2.42. The fourth-order valence-electron chi connectivity index (χ4n) is 4.96. The third-order valence-electron chi connectivity index (χ3n) is 6.79. The van der Waals surface area contributed by atoms with Crippen molar-refractivity contribution < 1.29 is 23.1 Å². The normalized spacial score (nSPS) is 14.9. The lowest BCUT2D eigenvalue weighted by molar-refractivity contribution is -0.0115. The van der Waals surface area contributed by atoms with Crippen molar-refractivity contribution >= 4 is 21.8 Å².